The number of rotatable bonds is 5. The molecule has 4 nitrogen and oxygen atoms in total. The van der Waals surface area contributed by atoms with E-state index < -0.39 is 0 Å². The number of carbonyl (C=O) groups excluding carboxylic acids is 1. The van der Waals surface area contributed by atoms with Gasteiger partial charge in [0.15, 0.2) is 0 Å². The second kappa shape index (κ2) is 10.6. The van der Waals surface area contributed by atoms with Crippen molar-refractivity contribution in [2.75, 3.05) is 36.4 Å². The minimum absolute atomic E-state index is 0. The van der Waals surface area contributed by atoms with Gasteiger partial charge in [-0.15, -0.1) is 12.4 Å². The zero-order chi connectivity index (χ0) is 20.1. The van der Waals surface area contributed by atoms with Crippen molar-refractivity contribution in [2.45, 2.75) is 6.54 Å². The maximum Gasteiger partial charge on any atom is 0.255 e. The van der Waals surface area contributed by atoms with E-state index in [9.17, 15) is 4.79 Å². The molecule has 3 aromatic rings. The predicted molar refractivity (Wildman–Crippen MR) is 130 cm³/mol. The third-order valence-corrected chi connectivity index (χ3v) is 5.75. The molecule has 0 radical (unpaired) electrons. The average Bonchev–Trinajstić information content (AvgIpc) is 2.76. The van der Waals surface area contributed by atoms with Gasteiger partial charge in [-0.3, -0.25) is 9.69 Å². The summed E-state index contributed by atoms with van der Waals surface area (Å²) < 4.78 is 0.960. The normalized spacial score (nSPS) is 14.1. The van der Waals surface area contributed by atoms with E-state index in [0.717, 1.165) is 42.9 Å². The van der Waals surface area contributed by atoms with Crippen LogP contribution in [0.5, 0.6) is 0 Å². The number of piperazine rings is 1. The van der Waals surface area contributed by atoms with Crippen molar-refractivity contribution in [3.05, 3.63) is 94.5 Å². The zero-order valence-electron chi connectivity index (χ0n) is 16.6. The molecular formula is C24H25BrClN3O. The molecule has 1 aliphatic heterocycles. The summed E-state index contributed by atoms with van der Waals surface area (Å²) in [5.41, 5.74) is 4.02. The Kier molecular flexibility index (Phi) is 7.91. The minimum atomic E-state index is -0.0974. The van der Waals surface area contributed by atoms with E-state index in [1.807, 2.05) is 36.4 Å². The second-order valence-electron chi connectivity index (χ2n) is 7.26. The van der Waals surface area contributed by atoms with Gasteiger partial charge in [0.05, 0.1) is 0 Å². The Balaban J connectivity index is 0.00000256. The first-order valence-electron chi connectivity index (χ1n) is 9.85. The van der Waals surface area contributed by atoms with Crippen molar-refractivity contribution < 1.29 is 4.79 Å². The number of nitrogens with zero attached hydrogens (tertiary/aromatic N) is 2. The monoisotopic (exact) mass is 485 g/mol. The highest BCUT2D eigenvalue weighted by atomic mass is 79.9. The van der Waals surface area contributed by atoms with E-state index in [4.69, 9.17) is 0 Å². The number of amides is 1. The summed E-state index contributed by atoms with van der Waals surface area (Å²) in [6.45, 7) is 5.14. The molecule has 1 amide bonds. The average molecular weight is 487 g/mol. The van der Waals surface area contributed by atoms with Crippen LogP contribution in [0.3, 0.4) is 0 Å². The maximum absolute atomic E-state index is 12.4. The van der Waals surface area contributed by atoms with Crippen LogP contribution in [0.2, 0.25) is 0 Å². The van der Waals surface area contributed by atoms with E-state index in [0.29, 0.717) is 5.56 Å². The van der Waals surface area contributed by atoms with Gasteiger partial charge in [-0.2, -0.15) is 0 Å². The van der Waals surface area contributed by atoms with Crippen molar-refractivity contribution in [2.24, 2.45) is 0 Å². The van der Waals surface area contributed by atoms with E-state index in [1.165, 1.54) is 11.3 Å². The molecule has 1 N–H and O–H groups in total. The molecule has 0 bridgehead atoms. The van der Waals surface area contributed by atoms with Gasteiger partial charge in [-0.1, -0.05) is 46.3 Å². The van der Waals surface area contributed by atoms with Crippen LogP contribution in [0.4, 0.5) is 11.4 Å². The maximum atomic E-state index is 12.4. The lowest BCUT2D eigenvalue weighted by atomic mass is 10.2. The number of hydrogen-bond donors (Lipinski definition) is 1. The first kappa shape index (κ1) is 22.3. The summed E-state index contributed by atoms with van der Waals surface area (Å²) >= 11 is 3.39. The minimum Gasteiger partial charge on any atom is -0.369 e. The highest BCUT2D eigenvalue weighted by Gasteiger charge is 2.17. The Bertz CT molecular complexity index is 940. The van der Waals surface area contributed by atoms with Crippen LogP contribution >= 0.6 is 28.3 Å². The number of nitrogens with one attached hydrogen (secondary N) is 1. The number of anilines is 2. The molecule has 3 aromatic carbocycles. The standard InChI is InChI=1S/C24H24BrN3O.ClH/c25-21-8-6-20(7-9-21)24(29)26-22-10-12-23(13-11-22)28-16-14-27(15-17-28)18-19-4-2-1-3-5-19;/h1-13H,14-18H2,(H,26,29);1H. The molecule has 0 aromatic heterocycles. The van der Waals surface area contributed by atoms with Crippen molar-refractivity contribution >= 4 is 45.6 Å². The molecule has 30 heavy (non-hydrogen) atoms. The molecule has 6 heteroatoms. The molecule has 0 unspecified atom stereocenters. The fourth-order valence-electron chi connectivity index (χ4n) is 3.57. The summed E-state index contributed by atoms with van der Waals surface area (Å²) in [6.07, 6.45) is 0. The first-order valence-corrected chi connectivity index (χ1v) is 10.6. The van der Waals surface area contributed by atoms with Gasteiger partial charge in [-0.25, -0.2) is 0 Å². The zero-order valence-corrected chi connectivity index (χ0v) is 19.0. The highest BCUT2D eigenvalue weighted by molar-refractivity contribution is 9.10. The summed E-state index contributed by atoms with van der Waals surface area (Å²) in [4.78, 5) is 17.3. The predicted octanol–water partition coefficient (Wildman–Crippen LogP) is 5.45. The molecule has 0 aliphatic carbocycles. The Morgan fingerprint density at radius 1 is 0.833 bits per heavy atom. The fourth-order valence-corrected chi connectivity index (χ4v) is 3.83. The van der Waals surface area contributed by atoms with Crippen LogP contribution in [-0.2, 0) is 6.54 Å². The van der Waals surface area contributed by atoms with Gasteiger partial charge in [0.1, 0.15) is 0 Å². The molecular weight excluding hydrogens is 462 g/mol. The lowest BCUT2D eigenvalue weighted by Crippen LogP contribution is -2.45. The van der Waals surface area contributed by atoms with Crippen LogP contribution in [0.25, 0.3) is 0 Å². The van der Waals surface area contributed by atoms with Crippen LogP contribution in [0, 0.1) is 0 Å². The molecule has 156 valence electrons. The van der Waals surface area contributed by atoms with Gasteiger partial charge >= 0.3 is 0 Å². The topological polar surface area (TPSA) is 35.6 Å². The SMILES string of the molecule is Cl.O=C(Nc1ccc(N2CCN(Cc3ccccc3)CC2)cc1)c1ccc(Br)cc1. The summed E-state index contributed by atoms with van der Waals surface area (Å²) in [5.74, 6) is -0.0974. The number of hydrogen-bond acceptors (Lipinski definition) is 3. The molecule has 1 aliphatic rings. The van der Waals surface area contributed by atoms with Crippen LogP contribution in [-0.4, -0.2) is 37.0 Å². The summed E-state index contributed by atoms with van der Waals surface area (Å²) in [5, 5.41) is 2.96. The van der Waals surface area contributed by atoms with Crippen molar-refractivity contribution in [1.29, 1.82) is 0 Å². The molecule has 0 atom stereocenters. The summed E-state index contributed by atoms with van der Waals surface area (Å²) in [7, 11) is 0. The Hall–Kier alpha value is -2.34. The van der Waals surface area contributed by atoms with Crippen molar-refractivity contribution in [3.63, 3.8) is 0 Å². The van der Waals surface area contributed by atoms with E-state index in [2.05, 4.69) is 73.5 Å². The summed E-state index contributed by atoms with van der Waals surface area (Å²) in [6, 6.07) is 26.1. The highest BCUT2D eigenvalue weighted by Crippen LogP contribution is 2.21. The molecule has 1 heterocycles. The smallest absolute Gasteiger partial charge is 0.255 e. The third kappa shape index (κ3) is 5.85. The Morgan fingerprint density at radius 3 is 2.10 bits per heavy atom. The van der Waals surface area contributed by atoms with Gasteiger partial charge in [0, 0.05) is 54.1 Å². The molecule has 4 rings (SSSR count). The lowest BCUT2D eigenvalue weighted by molar-refractivity contribution is 0.102. The van der Waals surface area contributed by atoms with Crippen LogP contribution < -0.4 is 10.2 Å². The van der Waals surface area contributed by atoms with Gasteiger partial charge in [0.2, 0.25) is 0 Å². The van der Waals surface area contributed by atoms with Crippen molar-refractivity contribution in [1.82, 2.24) is 4.90 Å². The number of halogens is 2. The largest absolute Gasteiger partial charge is 0.369 e. The number of benzene rings is 3. The third-order valence-electron chi connectivity index (χ3n) is 5.22. The Labute approximate surface area is 192 Å². The van der Waals surface area contributed by atoms with E-state index in [1.54, 1.807) is 0 Å². The molecule has 0 spiro atoms. The van der Waals surface area contributed by atoms with Gasteiger partial charge in [-0.05, 0) is 54.1 Å². The molecule has 1 fully saturated rings. The molecule has 1 saturated heterocycles. The van der Waals surface area contributed by atoms with Crippen LogP contribution in [0.1, 0.15) is 15.9 Å². The first-order chi connectivity index (χ1) is 14.2. The number of carbonyl (C=O) groups is 1. The van der Waals surface area contributed by atoms with Crippen LogP contribution in [0.15, 0.2) is 83.3 Å². The Morgan fingerprint density at radius 2 is 1.47 bits per heavy atom. The fraction of sp³-hybridized carbons (Fsp3) is 0.208. The molecule has 0 saturated carbocycles. The van der Waals surface area contributed by atoms with Gasteiger partial charge < -0.3 is 10.2 Å². The second-order valence-corrected chi connectivity index (χ2v) is 8.17. The van der Waals surface area contributed by atoms with E-state index >= 15 is 0 Å². The quantitative estimate of drug-likeness (QED) is 0.521. The lowest BCUT2D eigenvalue weighted by Gasteiger charge is -2.36. The van der Waals surface area contributed by atoms with Gasteiger partial charge in [0.25, 0.3) is 5.91 Å². The van der Waals surface area contributed by atoms with Crippen molar-refractivity contribution in [3.8, 4) is 0 Å². The van der Waals surface area contributed by atoms with E-state index in [-0.39, 0.29) is 18.3 Å².